The third-order valence-electron chi connectivity index (χ3n) is 2.94. The molecule has 5 nitrogen and oxygen atoms in total. The summed E-state index contributed by atoms with van der Waals surface area (Å²) in [4.78, 5) is 0.252. The van der Waals surface area contributed by atoms with Crippen molar-refractivity contribution in [2.45, 2.75) is 38.1 Å². The van der Waals surface area contributed by atoms with Crippen LogP contribution in [-0.2, 0) is 10.0 Å². The molecule has 0 bridgehead atoms. The first-order valence-corrected chi connectivity index (χ1v) is 8.34. The van der Waals surface area contributed by atoms with Crippen LogP contribution in [0.3, 0.4) is 0 Å². The summed E-state index contributed by atoms with van der Waals surface area (Å²) in [5.74, 6) is 0. The van der Waals surface area contributed by atoms with Gasteiger partial charge in [0.1, 0.15) is 0 Å². The fraction of sp³-hybridized carbons (Fsp3) is 0.571. The van der Waals surface area contributed by atoms with Crippen LogP contribution in [0, 0.1) is 0 Å². The molecule has 0 fully saturated rings. The molecule has 0 aliphatic carbocycles. The summed E-state index contributed by atoms with van der Waals surface area (Å²) in [5.41, 5.74) is 0.907. The Labute approximate surface area is 121 Å². The third kappa shape index (κ3) is 4.19. The molecule has 1 aromatic rings. The van der Waals surface area contributed by atoms with E-state index in [2.05, 4.69) is 12.2 Å². The van der Waals surface area contributed by atoms with Crippen molar-refractivity contribution >= 4 is 15.7 Å². The molecule has 0 aliphatic heterocycles. The Morgan fingerprint density at radius 2 is 1.85 bits per heavy atom. The van der Waals surface area contributed by atoms with E-state index < -0.39 is 10.0 Å². The van der Waals surface area contributed by atoms with Crippen molar-refractivity contribution in [3.63, 3.8) is 0 Å². The Hall–Kier alpha value is -1.11. The highest BCUT2D eigenvalue weighted by Crippen LogP contribution is 2.20. The third-order valence-corrected chi connectivity index (χ3v) is 5.03. The van der Waals surface area contributed by atoms with Gasteiger partial charge in [0.15, 0.2) is 0 Å². The van der Waals surface area contributed by atoms with Gasteiger partial charge in [-0.15, -0.1) is 0 Å². The number of anilines is 1. The molecule has 0 saturated heterocycles. The summed E-state index contributed by atoms with van der Waals surface area (Å²) in [6, 6.07) is 6.53. The van der Waals surface area contributed by atoms with Gasteiger partial charge in [-0.1, -0.05) is 6.92 Å². The van der Waals surface area contributed by atoms with E-state index in [0.717, 1.165) is 18.7 Å². The van der Waals surface area contributed by atoms with E-state index in [1.54, 1.807) is 38.1 Å². The second kappa shape index (κ2) is 7.61. The Morgan fingerprint density at radius 3 is 2.30 bits per heavy atom. The molecule has 0 amide bonds. The number of hydrogen-bond acceptors (Lipinski definition) is 4. The molecule has 0 aromatic heterocycles. The predicted octanol–water partition coefficient (Wildman–Crippen LogP) is 1.90. The lowest BCUT2D eigenvalue weighted by Crippen LogP contribution is -2.38. The van der Waals surface area contributed by atoms with E-state index in [0.29, 0.717) is 0 Å². The van der Waals surface area contributed by atoms with E-state index in [9.17, 15) is 8.42 Å². The van der Waals surface area contributed by atoms with E-state index in [1.165, 1.54) is 4.31 Å². The minimum atomic E-state index is -3.55. The summed E-state index contributed by atoms with van der Waals surface area (Å²) in [6.07, 6.45) is 1.01. The Morgan fingerprint density at radius 1 is 1.25 bits per heavy atom. The van der Waals surface area contributed by atoms with Crippen molar-refractivity contribution in [1.29, 1.82) is 0 Å². The standard InChI is InChI=1S/C14H24N2O3S/c1-4-9-15-13-5-7-14(8-6-13)20(18,19)16(10-11-17)12(2)3/h5-8,12,15,17H,4,9-11H2,1-3H3. The first-order valence-electron chi connectivity index (χ1n) is 6.90. The summed E-state index contributed by atoms with van der Waals surface area (Å²) in [5, 5.41) is 12.2. The lowest BCUT2D eigenvalue weighted by atomic mass is 10.3. The van der Waals surface area contributed by atoms with Gasteiger partial charge in [0.25, 0.3) is 0 Å². The van der Waals surface area contributed by atoms with Gasteiger partial charge in [-0.25, -0.2) is 8.42 Å². The number of nitrogens with zero attached hydrogens (tertiary/aromatic N) is 1. The van der Waals surface area contributed by atoms with Gasteiger partial charge in [0.2, 0.25) is 10.0 Å². The van der Waals surface area contributed by atoms with E-state index in [1.807, 2.05) is 0 Å². The molecule has 1 aromatic carbocycles. The Kier molecular flexibility index (Phi) is 6.45. The molecular weight excluding hydrogens is 276 g/mol. The first kappa shape index (κ1) is 16.9. The van der Waals surface area contributed by atoms with Crippen molar-refractivity contribution in [2.24, 2.45) is 0 Å². The van der Waals surface area contributed by atoms with E-state index >= 15 is 0 Å². The minimum Gasteiger partial charge on any atom is -0.395 e. The van der Waals surface area contributed by atoms with Crippen molar-refractivity contribution in [1.82, 2.24) is 4.31 Å². The quantitative estimate of drug-likeness (QED) is 0.769. The lowest BCUT2D eigenvalue weighted by molar-refractivity contribution is 0.236. The molecule has 0 radical (unpaired) electrons. The largest absolute Gasteiger partial charge is 0.395 e. The van der Waals surface area contributed by atoms with Crippen LogP contribution in [0.4, 0.5) is 5.69 Å². The first-order chi connectivity index (χ1) is 9.43. The van der Waals surface area contributed by atoms with Gasteiger partial charge in [0.05, 0.1) is 11.5 Å². The summed E-state index contributed by atoms with van der Waals surface area (Å²) >= 11 is 0. The molecule has 114 valence electrons. The minimum absolute atomic E-state index is 0.107. The van der Waals surface area contributed by atoms with Crippen LogP contribution < -0.4 is 5.32 Å². The fourth-order valence-corrected chi connectivity index (χ4v) is 3.53. The van der Waals surface area contributed by atoms with Crippen molar-refractivity contribution < 1.29 is 13.5 Å². The number of hydrogen-bond donors (Lipinski definition) is 2. The van der Waals surface area contributed by atoms with Crippen molar-refractivity contribution in [3.8, 4) is 0 Å². The molecule has 0 unspecified atom stereocenters. The number of sulfonamides is 1. The van der Waals surface area contributed by atoms with Gasteiger partial charge in [0, 0.05) is 24.8 Å². The second-order valence-electron chi connectivity index (χ2n) is 4.88. The van der Waals surface area contributed by atoms with Crippen LogP contribution >= 0.6 is 0 Å². The zero-order chi connectivity index (χ0) is 15.2. The molecule has 0 heterocycles. The van der Waals surface area contributed by atoms with Gasteiger partial charge >= 0.3 is 0 Å². The van der Waals surface area contributed by atoms with Crippen LogP contribution in [0.25, 0.3) is 0 Å². The summed E-state index contributed by atoms with van der Waals surface area (Å²) in [6.45, 7) is 6.44. The highest BCUT2D eigenvalue weighted by atomic mass is 32.2. The highest BCUT2D eigenvalue weighted by Gasteiger charge is 2.26. The topological polar surface area (TPSA) is 69.6 Å². The van der Waals surface area contributed by atoms with Crippen molar-refractivity contribution in [2.75, 3.05) is 25.0 Å². The number of aliphatic hydroxyl groups excluding tert-OH is 1. The number of benzene rings is 1. The SMILES string of the molecule is CCCNc1ccc(S(=O)(=O)N(CCO)C(C)C)cc1. The molecule has 0 aliphatic rings. The predicted molar refractivity (Wildman–Crippen MR) is 81.3 cm³/mol. The normalized spacial score (nSPS) is 12.1. The average Bonchev–Trinajstić information content (AvgIpc) is 2.42. The van der Waals surface area contributed by atoms with E-state index in [4.69, 9.17) is 5.11 Å². The maximum atomic E-state index is 12.5. The monoisotopic (exact) mass is 300 g/mol. The molecule has 2 N–H and O–H groups in total. The lowest BCUT2D eigenvalue weighted by Gasteiger charge is -2.25. The maximum Gasteiger partial charge on any atom is 0.243 e. The summed E-state index contributed by atoms with van der Waals surface area (Å²) < 4.78 is 26.3. The highest BCUT2D eigenvalue weighted by molar-refractivity contribution is 7.89. The number of nitrogens with one attached hydrogen (secondary N) is 1. The zero-order valence-corrected chi connectivity index (χ0v) is 13.2. The summed E-state index contributed by atoms with van der Waals surface area (Å²) in [7, 11) is -3.55. The fourth-order valence-electron chi connectivity index (χ4n) is 1.90. The Balaban J connectivity index is 2.96. The van der Waals surface area contributed by atoms with Gasteiger partial charge in [-0.05, 0) is 44.5 Å². The maximum absolute atomic E-state index is 12.5. The molecule has 0 saturated carbocycles. The zero-order valence-electron chi connectivity index (χ0n) is 12.3. The molecular formula is C14H24N2O3S. The average molecular weight is 300 g/mol. The second-order valence-corrected chi connectivity index (χ2v) is 6.77. The van der Waals surface area contributed by atoms with Crippen LogP contribution in [0.15, 0.2) is 29.2 Å². The molecule has 1 rings (SSSR count). The van der Waals surface area contributed by atoms with Crippen LogP contribution in [-0.4, -0.2) is 43.6 Å². The Bertz CT molecular complexity index is 498. The molecule has 20 heavy (non-hydrogen) atoms. The molecule has 0 atom stereocenters. The van der Waals surface area contributed by atoms with Gasteiger partial charge in [-0.3, -0.25) is 0 Å². The van der Waals surface area contributed by atoms with Gasteiger partial charge in [-0.2, -0.15) is 4.31 Å². The van der Waals surface area contributed by atoms with Crippen molar-refractivity contribution in [3.05, 3.63) is 24.3 Å². The molecule has 6 heteroatoms. The van der Waals surface area contributed by atoms with E-state index in [-0.39, 0.29) is 24.1 Å². The van der Waals surface area contributed by atoms with Crippen LogP contribution in [0.5, 0.6) is 0 Å². The number of rotatable bonds is 8. The van der Waals surface area contributed by atoms with Gasteiger partial charge < -0.3 is 10.4 Å². The number of aliphatic hydroxyl groups is 1. The smallest absolute Gasteiger partial charge is 0.243 e. The van der Waals surface area contributed by atoms with Crippen LogP contribution in [0.1, 0.15) is 27.2 Å². The molecule has 0 spiro atoms. The van der Waals surface area contributed by atoms with Crippen LogP contribution in [0.2, 0.25) is 0 Å².